The van der Waals surface area contributed by atoms with Gasteiger partial charge in [-0.1, -0.05) is 6.08 Å². The molecule has 1 amide bonds. The molecular weight excluding hydrogens is 457 g/mol. The lowest BCUT2D eigenvalue weighted by Crippen LogP contribution is -2.13. The Bertz CT molecular complexity index is 1040. The molecule has 1 aromatic heterocycles. The first-order chi connectivity index (χ1) is 15.2. The second-order valence-corrected chi connectivity index (χ2v) is 6.19. The Hall–Kier alpha value is -3.57. The minimum absolute atomic E-state index is 0.0619. The highest BCUT2D eigenvalue weighted by molar-refractivity contribution is 6.18. The molecule has 2 aromatic rings. The molecule has 178 valence electrons. The van der Waals surface area contributed by atoms with Gasteiger partial charge in [-0.2, -0.15) is 26.3 Å². The van der Waals surface area contributed by atoms with E-state index < -0.39 is 35.2 Å². The summed E-state index contributed by atoms with van der Waals surface area (Å²) in [6, 6.07) is 2.45. The Morgan fingerprint density at radius 3 is 1.85 bits per heavy atom. The van der Waals surface area contributed by atoms with Crippen LogP contribution in [0, 0.1) is 5.82 Å². The van der Waals surface area contributed by atoms with E-state index in [0.29, 0.717) is 17.7 Å². The van der Waals surface area contributed by atoms with E-state index in [9.17, 15) is 35.5 Å². The molecule has 2 rings (SSSR count). The fourth-order valence-electron chi connectivity index (χ4n) is 2.48. The van der Waals surface area contributed by atoms with Crippen molar-refractivity contribution in [2.24, 2.45) is 15.7 Å². The van der Waals surface area contributed by atoms with Gasteiger partial charge in [-0.05, 0) is 38.1 Å². The maximum absolute atomic E-state index is 12.7. The van der Waals surface area contributed by atoms with Crippen molar-refractivity contribution >= 4 is 23.5 Å². The van der Waals surface area contributed by atoms with Gasteiger partial charge in [0.1, 0.15) is 5.82 Å². The Kier molecular flexibility index (Phi) is 9.44. The van der Waals surface area contributed by atoms with Crippen LogP contribution < -0.4 is 5.73 Å². The number of primary amides is 1. The van der Waals surface area contributed by atoms with Gasteiger partial charge in [-0.3, -0.25) is 14.8 Å². The number of pyridine rings is 1. The third-order valence-corrected chi connectivity index (χ3v) is 3.88. The average molecular weight is 476 g/mol. The largest absolute Gasteiger partial charge is 0.416 e. The minimum atomic E-state index is -4.88. The summed E-state index contributed by atoms with van der Waals surface area (Å²) in [5.41, 5.74) is 2.61. The molecule has 0 saturated carbocycles. The summed E-state index contributed by atoms with van der Waals surface area (Å²) in [7, 11) is 1.23. The van der Waals surface area contributed by atoms with Gasteiger partial charge in [0.05, 0.1) is 17.3 Å². The van der Waals surface area contributed by atoms with Crippen molar-refractivity contribution in [2.45, 2.75) is 26.2 Å². The highest BCUT2D eigenvalue weighted by Crippen LogP contribution is 2.36. The number of aromatic nitrogens is 1. The zero-order valence-corrected chi connectivity index (χ0v) is 17.6. The second-order valence-electron chi connectivity index (χ2n) is 6.19. The summed E-state index contributed by atoms with van der Waals surface area (Å²) in [6.07, 6.45) is -4.55. The van der Waals surface area contributed by atoms with Crippen molar-refractivity contribution in [2.75, 3.05) is 7.05 Å². The van der Waals surface area contributed by atoms with E-state index in [-0.39, 0.29) is 23.0 Å². The van der Waals surface area contributed by atoms with Gasteiger partial charge in [0, 0.05) is 36.2 Å². The Morgan fingerprint density at radius 2 is 1.48 bits per heavy atom. The number of allylic oxidation sites excluding steroid dienone is 1. The van der Waals surface area contributed by atoms with E-state index in [0.717, 1.165) is 6.20 Å². The molecule has 0 aliphatic rings. The number of alkyl halides is 6. The quantitative estimate of drug-likeness (QED) is 0.282. The predicted octanol–water partition coefficient (Wildman–Crippen LogP) is 5.30. The molecule has 0 fully saturated rings. The van der Waals surface area contributed by atoms with Gasteiger partial charge >= 0.3 is 12.4 Å². The molecule has 0 spiro atoms. The van der Waals surface area contributed by atoms with Crippen molar-refractivity contribution < 1.29 is 35.5 Å². The number of rotatable bonds is 3. The van der Waals surface area contributed by atoms with Crippen molar-refractivity contribution in [1.82, 2.24) is 4.98 Å². The fraction of sp³-hybridized carbons (Fsp3) is 0.238. The lowest BCUT2D eigenvalue weighted by Gasteiger charge is -2.13. The number of halogens is 7. The molecule has 12 heteroatoms. The van der Waals surface area contributed by atoms with E-state index in [1.807, 2.05) is 0 Å². The Morgan fingerprint density at radius 1 is 0.939 bits per heavy atom. The standard InChI is InChI=1S/C12H10F6N2.C9H9FN2O/c1-3-20-10(19-2)7-4-8(11(13,14)15)6-9(5-7)12(16,17)18;1-2-8(9(11)13)6-3-7(10)5-12-4-6/h3-6H,1-2H3;2-5H,1H3,(H2,11,13)/b;8-2+. The van der Waals surface area contributed by atoms with Gasteiger partial charge < -0.3 is 5.73 Å². The SMILES string of the molecule is C/C=C(/C(N)=O)c1cncc(F)c1.CC=NC(=NC)c1cc(C(F)(F)F)cc(C(F)(F)F)c1. The molecule has 2 N–H and O–H groups in total. The van der Waals surface area contributed by atoms with Crippen LogP contribution in [0.1, 0.15) is 36.1 Å². The van der Waals surface area contributed by atoms with Crippen LogP contribution in [0.2, 0.25) is 0 Å². The summed E-state index contributed by atoms with van der Waals surface area (Å²) in [6.45, 7) is 3.13. The highest BCUT2D eigenvalue weighted by atomic mass is 19.4. The summed E-state index contributed by atoms with van der Waals surface area (Å²) in [4.78, 5) is 21.7. The van der Waals surface area contributed by atoms with Gasteiger partial charge in [0.2, 0.25) is 5.91 Å². The van der Waals surface area contributed by atoms with E-state index >= 15 is 0 Å². The molecule has 0 unspecified atom stereocenters. The van der Waals surface area contributed by atoms with Crippen LogP contribution in [-0.2, 0) is 17.1 Å². The Balaban J connectivity index is 0.000000361. The maximum atomic E-state index is 12.7. The number of amides is 1. The van der Waals surface area contributed by atoms with Crippen LogP contribution >= 0.6 is 0 Å². The monoisotopic (exact) mass is 476 g/mol. The van der Waals surface area contributed by atoms with Crippen LogP contribution in [0.15, 0.2) is 52.7 Å². The Labute approximate surface area is 184 Å². The van der Waals surface area contributed by atoms with Gasteiger partial charge in [-0.25, -0.2) is 9.38 Å². The third-order valence-electron chi connectivity index (χ3n) is 3.88. The number of amidine groups is 1. The minimum Gasteiger partial charge on any atom is -0.366 e. The number of hydrogen-bond acceptors (Lipinski definition) is 3. The second kappa shape index (κ2) is 11.3. The third kappa shape index (κ3) is 8.13. The van der Waals surface area contributed by atoms with Crippen molar-refractivity contribution in [3.8, 4) is 0 Å². The maximum Gasteiger partial charge on any atom is 0.416 e. The van der Waals surface area contributed by atoms with Gasteiger partial charge in [-0.15, -0.1) is 0 Å². The average Bonchev–Trinajstić information content (AvgIpc) is 2.71. The molecule has 0 aliphatic carbocycles. The van der Waals surface area contributed by atoms with Crippen LogP contribution in [0.5, 0.6) is 0 Å². The van der Waals surface area contributed by atoms with Crippen LogP contribution in [-0.4, -0.2) is 30.0 Å². The van der Waals surface area contributed by atoms with Crippen LogP contribution in [0.4, 0.5) is 30.7 Å². The zero-order valence-electron chi connectivity index (χ0n) is 17.6. The molecule has 0 bridgehead atoms. The van der Waals surface area contributed by atoms with Crippen LogP contribution in [0.3, 0.4) is 0 Å². The molecule has 33 heavy (non-hydrogen) atoms. The molecule has 0 atom stereocenters. The highest BCUT2D eigenvalue weighted by Gasteiger charge is 2.37. The number of nitrogens with two attached hydrogens (primary N) is 1. The molecule has 1 heterocycles. The predicted molar refractivity (Wildman–Crippen MR) is 110 cm³/mol. The number of carbonyl (C=O) groups excluding carboxylic acids is 1. The summed E-state index contributed by atoms with van der Waals surface area (Å²) in [5.74, 6) is -1.28. The normalized spacial score (nSPS) is 13.0. The fourth-order valence-corrected chi connectivity index (χ4v) is 2.48. The number of carbonyl (C=O) groups is 1. The topological polar surface area (TPSA) is 80.7 Å². The van der Waals surface area contributed by atoms with E-state index in [1.54, 1.807) is 6.92 Å². The first kappa shape index (κ1) is 27.5. The first-order valence-corrected chi connectivity index (χ1v) is 9.06. The lowest BCUT2D eigenvalue weighted by atomic mass is 10.0. The smallest absolute Gasteiger partial charge is 0.366 e. The number of nitrogens with zero attached hydrogens (tertiary/aromatic N) is 3. The molecule has 0 aliphatic heterocycles. The number of hydrogen-bond donors (Lipinski definition) is 1. The zero-order chi connectivity index (χ0) is 25.4. The first-order valence-electron chi connectivity index (χ1n) is 9.06. The number of benzene rings is 1. The van der Waals surface area contributed by atoms with Crippen LogP contribution in [0.25, 0.3) is 5.57 Å². The van der Waals surface area contributed by atoms with Crippen molar-refractivity contribution in [3.63, 3.8) is 0 Å². The van der Waals surface area contributed by atoms with Gasteiger partial charge in [0.25, 0.3) is 0 Å². The summed E-state index contributed by atoms with van der Waals surface area (Å²) < 4.78 is 88.5. The lowest BCUT2D eigenvalue weighted by molar-refractivity contribution is -0.143. The van der Waals surface area contributed by atoms with E-state index in [1.165, 1.54) is 38.5 Å². The molecule has 0 saturated heterocycles. The molecule has 1 aromatic carbocycles. The molecule has 0 radical (unpaired) electrons. The van der Waals surface area contributed by atoms with Crippen molar-refractivity contribution in [3.05, 3.63) is 70.8 Å². The molecule has 5 nitrogen and oxygen atoms in total. The summed E-state index contributed by atoms with van der Waals surface area (Å²) >= 11 is 0. The molecular formula is C21H19F7N4O. The summed E-state index contributed by atoms with van der Waals surface area (Å²) in [5, 5.41) is 0. The number of aliphatic imine (C=N–C) groups is 2. The van der Waals surface area contributed by atoms with Gasteiger partial charge in [0.15, 0.2) is 5.84 Å². The van der Waals surface area contributed by atoms with E-state index in [4.69, 9.17) is 5.73 Å². The van der Waals surface area contributed by atoms with Crippen molar-refractivity contribution in [1.29, 1.82) is 0 Å². The van der Waals surface area contributed by atoms with E-state index in [2.05, 4.69) is 15.0 Å².